The van der Waals surface area contributed by atoms with Crippen LogP contribution in [0.15, 0.2) is 24.3 Å². The van der Waals surface area contributed by atoms with Crippen molar-refractivity contribution in [3.8, 4) is 0 Å². The summed E-state index contributed by atoms with van der Waals surface area (Å²) in [5.41, 5.74) is 1.65. The van der Waals surface area contributed by atoms with Crippen molar-refractivity contribution in [2.45, 2.75) is 33.6 Å². The van der Waals surface area contributed by atoms with Crippen LogP contribution in [0.4, 0.5) is 10.5 Å². The lowest BCUT2D eigenvalue weighted by Gasteiger charge is -2.23. The molecule has 0 aliphatic carbocycles. The number of carboxylic acid groups (broad SMARTS) is 1. The number of benzene rings is 1. The lowest BCUT2D eigenvalue weighted by Crippen LogP contribution is -2.44. The predicted octanol–water partition coefficient (Wildman–Crippen LogP) is 3.03. The van der Waals surface area contributed by atoms with Crippen molar-refractivity contribution in [2.24, 2.45) is 5.92 Å². The molecule has 0 aliphatic rings. The Labute approximate surface area is 126 Å². The molecule has 1 aromatic carbocycles. The lowest BCUT2D eigenvalue weighted by molar-refractivity contribution is -0.135. The first-order valence-corrected chi connectivity index (χ1v) is 7.31. The van der Waals surface area contributed by atoms with Gasteiger partial charge in [-0.25, -0.2) is 4.79 Å². The molecule has 1 aromatic rings. The molecule has 0 saturated carbocycles. The second-order valence-electron chi connectivity index (χ2n) is 5.18. The number of aliphatic carboxylic acids is 1. The fraction of sp³-hybridized carbons (Fsp3) is 0.500. The molecule has 5 heteroatoms. The first kappa shape index (κ1) is 17.0. The predicted molar refractivity (Wildman–Crippen MR) is 83.6 cm³/mol. The summed E-state index contributed by atoms with van der Waals surface area (Å²) in [4.78, 5) is 24.5. The van der Waals surface area contributed by atoms with Crippen molar-refractivity contribution in [1.29, 1.82) is 0 Å². The number of hydrogen-bond acceptors (Lipinski definition) is 2. The summed E-state index contributed by atoms with van der Waals surface area (Å²) in [5.74, 6) is -0.619. The molecule has 0 bridgehead atoms. The van der Waals surface area contributed by atoms with Gasteiger partial charge in [0.25, 0.3) is 0 Å². The number of carbonyl (C=O) groups is 2. The molecule has 0 aliphatic heterocycles. The number of hydrogen-bond donors (Lipinski definition) is 2. The number of carboxylic acids is 1. The molecule has 116 valence electrons. The van der Waals surface area contributed by atoms with Gasteiger partial charge in [-0.1, -0.05) is 44.4 Å². The molecule has 0 aromatic heterocycles. The van der Waals surface area contributed by atoms with E-state index in [0.29, 0.717) is 18.2 Å². The second kappa shape index (κ2) is 8.29. The van der Waals surface area contributed by atoms with E-state index in [2.05, 4.69) is 19.2 Å². The maximum Gasteiger partial charge on any atom is 0.323 e. The fourth-order valence-electron chi connectivity index (χ4n) is 2.04. The highest BCUT2D eigenvalue weighted by Crippen LogP contribution is 2.15. The molecule has 0 unspecified atom stereocenters. The maximum absolute atomic E-state index is 12.3. The standard InChI is InChI=1S/C16H24N2O3/c1-4-13(5-2)10-17-16(21)18(11-15(19)20)14-8-6-12(3)7-9-14/h6-9,13H,4-5,10-11H2,1-3H3,(H,17,21)(H,19,20). The van der Waals surface area contributed by atoms with E-state index in [1.807, 2.05) is 19.1 Å². The van der Waals surface area contributed by atoms with Gasteiger partial charge in [0.1, 0.15) is 6.54 Å². The van der Waals surface area contributed by atoms with Gasteiger partial charge in [0.2, 0.25) is 0 Å². The van der Waals surface area contributed by atoms with Gasteiger partial charge in [-0.15, -0.1) is 0 Å². The van der Waals surface area contributed by atoms with Crippen molar-refractivity contribution in [3.05, 3.63) is 29.8 Å². The van der Waals surface area contributed by atoms with Crippen LogP contribution < -0.4 is 10.2 Å². The van der Waals surface area contributed by atoms with Crippen molar-refractivity contribution in [2.75, 3.05) is 18.0 Å². The summed E-state index contributed by atoms with van der Waals surface area (Å²) in [6, 6.07) is 6.87. The van der Waals surface area contributed by atoms with Crippen molar-refractivity contribution >= 4 is 17.7 Å². The normalized spacial score (nSPS) is 10.5. The van der Waals surface area contributed by atoms with Crippen LogP contribution in [0.25, 0.3) is 0 Å². The molecule has 5 nitrogen and oxygen atoms in total. The van der Waals surface area contributed by atoms with E-state index in [1.165, 1.54) is 4.90 Å². The molecule has 0 radical (unpaired) electrons. The van der Waals surface area contributed by atoms with Crippen LogP contribution in [0.5, 0.6) is 0 Å². The van der Waals surface area contributed by atoms with Gasteiger partial charge in [0, 0.05) is 12.2 Å². The van der Waals surface area contributed by atoms with E-state index in [4.69, 9.17) is 5.11 Å². The molecular formula is C16H24N2O3. The van der Waals surface area contributed by atoms with Crippen LogP contribution in [-0.2, 0) is 4.79 Å². The van der Waals surface area contributed by atoms with Gasteiger partial charge >= 0.3 is 12.0 Å². The number of amides is 2. The molecule has 0 spiro atoms. The number of urea groups is 1. The SMILES string of the molecule is CCC(CC)CNC(=O)N(CC(=O)O)c1ccc(C)cc1. The first-order chi connectivity index (χ1) is 9.97. The third-order valence-corrected chi connectivity index (χ3v) is 3.58. The molecule has 1 rings (SSSR count). The van der Waals surface area contributed by atoms with Gasteiger partial charge in [-0.2, -0.15) is 0 Å². The van der Waals surface area contributed by atoms with Gasteiger partial charge in [-0.05, 0) is 25.0 Å². The number of rotatable bonds is 7. The lowest BCUT2D eigenvalue weighted by atomic mass is 10.0. The largest absolute Gasteiger partial charge is 0.480 e. The van der Waals surface area contributed by atoms with Gasteiger partial charge < -0.3 is 10.4 Å². The van der Waals surface area contributed by atoms with Crippen LogP contribution in [0.3, 0.4) is 0 Å². The molecule has 21 heavy (non-hydrogen) atoms. The first-order valence-electron chi connectivity index (χ1n) is 7.31. The van der Waals surface area contributed by atoms with Gasteiger partial charge in [0.05, 0.1) is 0 Å². The summed E-state index contributed by atoms with van der Waals surface area (Å²) in [7, 11) is 0. The van der Waals surface area contributed by atoms with Crippen molar-refractivity contribution < 1.29 is 14.7 Å². The number of anilines is 1. The highest BCUT2D eigenvalue weighted by atomic mass is 16.4. The van der Waals surface area contributed by atoms with Crippen LogP contribution in [0.2, 0.25) is 0 Å². The average molecular weight is 292 g/mol. The quantitative estimate of drug-likeness (QED) is 0.811. The van der Waals surface area contributed by atoms with Crippen molar-refractivity contribution in [1.82, 2.24) is 5.32 Å². The Morgan fingerprint density at radius 2 is 1.76 bits per heavy atom. The maximum atomic E-state index is 12.3. The highest BCUT2D eigenvalue weighted by Gasteiger charge is 2.19. The Balaban J connectivity index is 2.79. The zero-order chi connectivity index (χ0) is 15.8. The summed E-state index contributed by atoms with van der Waals surface area (Å²) in [6.07, 6.45) is 1.97. The molecule has 0 heterocycles. The highest BCUT2D eigenvalue weighted by molar-refractivity contribution is 5.96. The van der Waals surface area contributed by atoms with E-state index in [0.717, 1.165) is 18.4 Å². The minimum atomic E-state index is -1.03. The number of aryl methyl sites for hydroxylation is 1. The Bertz CT molecular complexity index is 467. The fourth-order valence-corrected chi connectivity index (χ4v) is 2.04. The average Bonchev–Trinajstić information content (AvgIpc) is 2.46. The molecule has 0 atom stereocenters. The molecule has 2 amide bonds. The molecule has 0 fully saturated rings. The Morgan fingerprint density at radius 3 is 2.24 bits per heavy atom. The van der Waals surface area contributed by atoms with E-state index in [9.17, 15) is 9.59 Å². The summed E-state index contributed by atoms with van der Waals surface area (Å²) < 4.78 is 0. The van der Waals surface area contributed by atoms with E-state index >= 15 is 0 Å². The zero-order valence-electron chi connectivity index (χ0n) is 12.9. The van der Waals surface area contributed by atoms with Crippen molar-refractivity contribution in [3.63, 3.8) is 0 Å². The monoisotopic (exact) mass is 292 g/mol. The zero-order valence-corrected chi connectivity index (χ0v) is 12.9. The Morgan fingerprint density at radius 1 is 1.19 bits per heavy atom. The van der Waals surface area contributed by atoms with Crippen LogP contribution in [-0.4, -0.2) is 30.2 Å². The van der Waals surface area contributed by atoms with E-state index < -0.39 is 5.97 Å². The molecule has 0 saturated heterocycles. The van der Waals surface area contributed by atoms with E-state index in [-0.39, 0.29) is 12.6 Å². The van der Waals surface area contributed by atoms with E-state index in [1.54, 1.807) is 12.1 Å². The Kier molecular flexibility index (Phi) is 6.72. The van der Waals surface area contributed by atoms with Crippen LogP contribution in [0, 0.1) is 12.8 Å². The summed E-state index contributed by atoms with van der Waals surface area (Å²) in [5, 5.41) is 11.8. The minimum absolute atomic E-state index is 0.349. The summed E-state index contributed by atoms with van der Waals surface area (Å²) >= 11 is 0. The number of carbonyl (C=O) groups excluding carboxylic acids is 1. The smallest absolute Gasteiger partial charge is 0.323 e. The summed E-state index contributed by atoms with van der Waals surface area (Å²) in [6.45, 7) is 6.31. The van der Waals surface area contributed by atoms with Crippen LogP contribution >= 0.6 is 0 Å². The topological polar surface area (TPSA) is 69.6 Å². The minimum Gasteiger partial charge on any atom is -0.480 e. The third kappa shape index (κ3) is 5.45. The molecule has 2 N–H and O–H groups in total. The van der Waals surface area contributed by atoms with Gasteiger partial charge in [-0.3, -0.25) is 9.69 Å². The van der Waals surface area contributed by atoms with Crippen LogP contribution in [0.1, 0.15) is 32.3 Å². The second-order valence-corrected chi connectivity index (χ2v) is 5.18. The third-order valence-electron chi connectivity index (χ3n) is 3.58. The Hall–Kier alpha value is -2.04. The number of nitrogens with one attached hydrogen (secondary N) is 1. The number of nitrogens with zero attached hydrogens (tertiary/aromatic N) is 1. The van der Waals surface area contributed by atoms with Gasteiger partial charge in [0.15, 0.2) is 0 Å². The molecular weight excluding hydrogens is 268 g/mol.